The van der Waals surface area contributed by atoms with Crippen LogP contribution in [0.4, 0.5) is 0 Å². The Hall–Kier alpha value is -2.05. The number of rotatable bonds is 9. The molecule has 0 fully saturated rings. The monoisotopic (exact) mass is 522 g/mol. The summed E-state index contributed by atoms with van der Waals surface area (Å²) in [5.74, 6) is 0.463. The Morgan fingerprint density at radius 1 is 1.06 bits per heavy atom. The molecule has 0 radical (unpaired) electrons. The van der Waals surface area contributed by atoms with E-state index in [0.717, 1.165) is 27.5 Å². The second-order valence-corrected chi connectivity index (χ2v) is 12.0. The van der Waals surface area contributed by atoms with Gasteiger partial charge in [-0.05, 0) is 0 Å². The van der Waals surface area contributed by atoms with Gasteiger partial charge in [0, 0.05) is 0 Å². The van der Waals surface area contributed by atoms with E-state index < -0.39 is 5.97 Å². The first-order valence-electron chi connectivity index (χ1n) is 11.0. The molecule has 0 aromatic heterocycles. The van der Waals surface area contributed by atoms with E-state index >= 15 is 0 Å². The van der Waals surface area contributed by atoms with Gasteiger partial charge >= 0.3 is 203 Å². The van der Waals surface area contributed by atoms with E-state index in [1.807, 2.05) is 13.0 Å². The van der Waals surface area contributed by atoms with Crippen LogP contribution in [-0.2, 0) is 20.3 Å². The quantitative estimate of drug-likeness (QED) is 0.401. The summed E-state index contributed by atoms with van der Waals surface area (Å²) in [6.45, 7) is 11.0. The summed E-state index contributed by atoms with van der Waals surface area (Å²) in [6, 6.07) is 9.47. The molecule has 1 atom stereocenters. The number of methoxy groups -OCH3 is 2. The zero-order valence-corrected chi connectivity index (χ0v) is 22.2. The van der Waals surface area contributed by atoms with Crippen LogP contribution in [0, 0.1) is 0 Å². The summed E-state index contributed by atoms with van der Waals surface area (Å²) in [6.07, 6.45) is 1.82. The van der Waals surface area contributed by atoms with Crippen LogP contribution in [0.1, 0.15) is 68.9 Å². The Labute approximate surface area is 202 Å². The number of carboxylic acids is 1. The molecule has 1 unspecified atom stereocenters. The molecule has 180 valence electrons. The van der Waals surface area contributed by atoms with Crippen LogP contribution in [0.25, 0.3) is 0 Å². The number of benzene rings is 2. The van der Waals surface area contributed by atoms with Crippen LogP contribution < -0.4 is 18.4 Å². The minimum atomic E-state index is -0.967. The van der Waals surface area contributed by atoms with Crippen molar-refractivity contribution in [3.8, 4) is 11.5 Å². The van der Waals surface area contributed by atoms with Gasteiger partial charge in [-0.25, -0.2) is 0 Å². The van der Waals surface area contributed by atoms with Crippen molar-refractivity contribution in [1.29, 1.82) is 0 Å². The normalized spacial score (nSPS) is 17.2. The van der Waals surface area contributed by atoms with Crippen molar-refractivity contribution >= 4 is 29.8 Å². The maximum atomic E-state index is 11.4. The molecule has 2 aromatic carbocycles. The number of carboxylic acid groups (broad SMARTS) is 1. The summed E-state index contributed by atoms with van der Waals surface area (Å²) >= 11 is -0.103. The molecule has 0 saturated carbocycles. The summed E-state index contributed by atoms with van der Waals surface area (Å²) in [5, 5.41) is 9.31. The van der Waals surface area contributed by atoms with E-state index in [1.54, 1.807) is 26.4 Å². The molecular weight excluding hydrogens is 487 g/mol. The zero-order valence-electron chi connectivity index (χ0n) is 20.5. The van der Waals surface area contributed by atoms with E-state index in [4.69, 9.17) is 18.9 Å². The van der Waals surface area contributed by atoms with Crippen LogP contribution in [0.5, 0.6) is 11.5 Å². The SMILES string of the molecule is COc1cc(C(=O)O)ccc1[Se]c1cc(OCOC(C)OC)c2c(c1)C(C)(C)CCC2(C)C. The molecular formula is C26H34O6Se. The van der Waals surface area contributed by atoms with Crippen LogP contribution in [0.2, 0.25) is 0 Å². The molecule has 3 rings (SSSR count). The number of hydrogen-bond acceptors (Lipinski definition) is 5. The summed E-state index contributed by atoms with van der Waals surface area (Å²) in [4.78, 5) is 11.4. The van der Waals surface area contributed by atoms with Gasteiger partial charge in [0.25, 0.3) is 0 Å². The van der Waals surface area contributed by atoms with Gasteiger partial charge in [-0.3, -0.25) is 0 Å². The molecule has 6 nitrogen and oxygen atoms in total. The Kier molecular flexibility index (Phi) is 7.80. The van der Waals surface area contributed by atoms with Crippen molar-refractivity contribution in [3.63, 3.8) is 0 Å². The average molecular weight is 522 g/mol. The molecule has 0 amide bonds. The Balaban J connectivity index is 2.04. The van der Waals surface area contributed by atoms with E-state index in [0.29, 0.717) is 5.75 Å². The van der Waals surface area contributed by atoms with Gasteiger partial charge in [-0.1, -0.05) is 0 Å². The van der Waals surface area contributed by atoms with Crippen molar-refractivity contribution in [1.82, 2.24) is 0 Å². The summed E-state index contributed by atoms with van der Waals surface area (Å²) < 4.78 is 24.6. The van der Waals surface area contributed by atoms with Crippen molar-refractivity contribution < 1.29 is 28.8 Å². The van der Waals surface area contributed by atoms with Gasteiger partial charge < -0.3 is 0 Å². The van der Waals surface area contributed by atoms with E-state index in [-0.39, 0.29) is 44.4 Å². The topological polar surface area (TPSA) is 74.2 Å². The zero-order chi connectivity index (χ0) is 24.4. The van der Waals surface area contributed by atoms with Crippen molar-refractivity contribution in [3.05, 3.63) is 47.0 Å². The van der Waals surface area contributed by atoms with Crippen molar-refractivity contribution in [2.75, 3.05) is 21.0 Å². The van der Waals surface area contributed by atoms with E-state index in [2.05, 4.69) is 39.8 Å². The molecule has 0 bridgehead atoms. The molecule has 0 aliphatic heterocycles. The number of carbonyl (C=O) groups is 1. The predicted molar refractivity (Wildman–Crippen MR) is 130 cm³/mol. The Morgan fingerprint density at radius 3 is 2.39 bits per heavy atom. The summed E-state index contributed by atoms with van der Waals surface area (Å²) in [7, 11) is 3.17. The molecule has 33 heavy (non-hydrogen) atoms. The van der Waals surface area contributed by atoms with Crippen molar-refractivity contribution in [2.24, 2.45) is 0 Å². The fraction of sp³-hybridized carbons (Fsp3) is 0.500. The third-order valence-electron chi connectivity index (χ3n) is 6.34. The fourth-order valence-electron chi connectivity index (χ4n) is 4.15. The van der Waals surface area contributed by atoms with Gasteiger partial charge in [0.1, 0.15) is 0 Å². The minimum absolute atomic E-state index is 0.0145. The Bertz CT molecular complexity index is 1010. The molecule has 2 aromatic rings. The molecule has 1 N–H and O–H groups in total. The third kappa shape index (κ3) is 5.72. The van der Waals surface area contributed by atoms with Crippen molar-refractivity contribution in [2.45, 2.75) is 64.6 Å². The second kappa shape index (κ2) is 10.1. The van der Waals surface area contributed by atoms with E-state index in [9.17, 15) is 9.90 Å². The van der Waals surface area contributed by atoms with Crippen LogP contribution in [-0.4, -0.2) is 53.3 Å². The van der Waals surface area contributed by atoms with Crippen LogP contribution in [0.3, 0.4) is 0 Å². The maximum absolute atomic E-state index is 11.4. The van der Waals surface area contributed by atoms with Gasteiger partial charge in [0.05, 0.1) is 0 Å². The molecule has 7 heteroatoms. The van der Waals surface area contributed by atoms with Gasteiger partial charge in [-0.2, -0.15) is 0 Å². The fourth-order valence-corrected chi connectivity index (χ4v) is 6.20. The second-order valence-electron chi connectivity index (χ2n) is 9.62. The molecule has 0 saturated heterocycles. The standard InChI is InChI=1S/C26H34O6Se/c1-16(29-6)31-15-32-21-14-18(13-19-23(21)26(4,5)11-10-25(19,2)3)33-22-9-8-17(24(27)28)12-20(22)30-7/h8-9,12-14,16H,10-11,15H2,1-7H3,(H,27,28). The molecule has 1 aliphatic rings. The third-order valence-corrected chi connectivity index (χ3v) is 8.50. The van der Waals surface area contributed by atoms with E-state index in [1.165, 1.54) is 11.1 Å². The van der Waals surface area contributed by atoms with Gasteiger partial charge in [-0.15, -0.1) is 0 Å². The number of fused-ring (bicyclic) bond motifs is 1. The first-order chi connectivity index (χ1) is 15.5. The first kappa shape index (κ1) is 25.6. The molecule has 0 spiro atoms. The Morgan fingerprint density at radius 2 is 1.76 bits per heavy atom. The van der Waals surface area contributed by atoms with Crippen LogP contribution in [0.15, 0.2) is 30.3 Å². The van der Waals surface area contributed by atoms with Gasteiger partial charge in [0.15, 0.2) is 0 Å². The van der Waals surface area contributed by atoms with Gasteiger partial charge in [0.2, 0.25) is 0 Å². The summed E-state index contributed by atoms with van der Waals surface area (Å²) in [5.41, 5.74) is 2.76. The average Bonchev–Trinajstić information content (AvgIpc) is 2.76. The number of aromatic carboxylic acids is 1. The molecule has 0 heterocycles. The number of hydrogen-bond donors (Lipinski definition) is 1. The predicted octanol–water partition coefficient (Wildman–Crippen LogP) is 3.74. The van der Waals surface area contributed by atoms with Crippen LogP contribution >= 0.6 is 0 Å². The molecule has 1 aliphatic carbocycles. The first-order valence-corrected chi connectivity index (χ1v) is 12.7. The number of ether oxygens (including phenoxy) is 4.